The van der Waals surface area contributed by atoms with Gasteiger partial charge in [0.15, 0.2) is 0 Å². The molecule has 2 heterocycles. The number of thiophene rings is 1. The van der Waals surface area contributed by atoms with Crippen molar-refractivity contribution < 1.29 is 13.2 Å². The van der Waals surface area contributed by atoms with Crippen LogP contribution in [0.4, 0.5) is 0 Å². The van der Waals surface area contributed by atoms with E-state index < -0.39 is 10.0 Å². The maximum atomic E-state index is 13.0. The van der Waals surface area contributed by atoms with Crippen molar-refractivity contribution in [3.8, 4) is 0 Å². The van der Waals surface area contributed by atoms with E-state index in [9.17, 15) is 13.2 Å². The number of piperidine rings is 1. The summed E-state index contributed by atoms with van der Waals surface area (Å²) in [5.74, 6) is 0.597. The summed E-state index contributed by atoms with van der Waals surface area (Å²) in [4.78, 5) is 15.8. The van der Waals surface area contributed by atoms with Crippen molar-refractivity contribution in [2.45, 2.75) is 38.6 Å². The quantitative estimate of drug-likeness (QED) is 0.735. The molecule has 1 aliphatic rings. The highest BCUT2D eigenvalue weighted by Crippen LogP contribution is 2.27. The fraction of sp³-hybridized carbons (Fsp3) is 0.476. The summed E-state index contributed by atoms with van der Waals surface area (Å²) >= 11 is 1.63. The van der Waals surface area contributed by atoms with Crippen LogP contribution in [0.5, 0.6) is 0 Å². The number of rotatable bonds is 5. The third kappa shape index (κ3) is 4.47. The van der Waals surface area contributed by atoms with E-state index in [2.05, 4.69) is 13.8 Å². The standard InChI is InChI=1S/C21H28N2O3S2/c1-15-11-16(2)13-23(12-15)28(25,26)19-7-5-18(6-8-19)21(24)22(4)14-20-17(3)9-10-27-20/h5-10,15-16H,11-14H2,1-4H3/t15-,16+. The molecule has 7 heteroatoms. The number of carbonyl (C=O) groups excluding carboxylic acids is 1. The van der Waals surface area contributed by atoms with E-state index in [4.69, 9.17) is 0 Å². The monoisotopic (exact) mass is 420 g/mol. The first-order chi connectivity index (χ1) is 13.2. The van der Waals surface area contributed by atoms with Crippen LogP contribution in [0.15, 0.2) is 40.6 Å². The lowest BCUT2D eigenvalue weighted by Crippen LogP contribution is -2.42. The number of benzene rings is 1. The minimum Gasteiger partial charge on any atom is -0.337 e. The average Bonchev–Trinajstić information content (AvgIpc) is 3.05. The van der Waals surface area contributed by atoms with Crippen molar-refractivity contribution in [1.29, 1.82) is 0 Å². The lowest BCUT2D eigenvalue weighted by atomic mass is 9.94. The molecule has 5 nitrogen and oxygen atoms in total. The van der Waals surface area contributed by atoms with Gasteiger partial charge >= 0.3 is 0 Å². The fourth-order valence-electron chi connectivity index (χ4n) is 3.79. The second-order valence-corrected chi connectivity index (χ2v) is 10.9. The third-order valence-electron chi connectivity index (χ3n) is 5.27. The summed E-state index contributed by atoms with van der Waals surface area (Å²) in [7, 11) is -1.76. The first-order valence-electron chi connectivity index (χ1n) is 9.57. The fourth-order valence-corrected chi connectivity index (χ4v) is 6.43. The van der Waals surface area contributed by atoms with Crippen LogP contribution in [0.2, 0.25) is 0 Å². The Bertz CT molecular complexity index is 925. The number of carbonyl (C=O) groups is 1. The van der Waals surface area contributed by atoms with Gasteiger partial charge in [-0.25, -0.2) is 8.42 Å². The van der Waals surface area contributed by atoms with Crippen LogP contribution in [-0.2, 0) is 16.6 Å². The number of nitrogens with zero attached hydrogens (tertiary/aromatic N) is 2. The van der Waals surface area contributed by atoms with Gasteiger partial charge in [0.05, 0.1) is 11.4 Å². The van der Waals surface area contributed by atoms with E-state index >= 15 is 0 Å². The molecule has 0 unspecified atom stereocenters. The molecule has 1 aromatic heterocycles. The van der Waals surface area contributed by atoms with Crippen LogP contribution >= 0.6 is 11.3 Å². The van der Waals surface area contributed by atoms with E-state index in [-0.39, 0.29) is 10.8 Å². The van der Waals surface area contributed by atoms with Crippen molar-refractivity contribution >= 4 is 27.3 Å². The summed E-state index contributed by atoms with van der Waals surface area (Å²) in [6.07, 6.45) is 1.05. The van der Waals surface area contributed by atoms with Gasteiger partial charge in [-0.2, -0.15) is 4.31 Å². The largest absolute Gasteiger partial charge is 0.337 e. The molecule has 1 amide bonds. The molecular weight excluding hydrogens is 392 g/mol. The van der Waals surface area contributed by atoms with E-state index in [1.165, 1.54) is 5.56 Å². The first-order valence-corrected chi connectivity index (χ1v) is 11.9. The van der Waals surface area contributed by atoms with Crippen LogP contribution in [0.1, 0.15) is 41.1 Å². The molecule has 1 fully saturated rings. The Labute approximate surface area is 172 Å². The number of sulfonamides is 1. The smallest absolute Gasteiger partial charge is 0.253 e. The summed E-state index contributed by atoms with van der Waals surface area (Å²) in [6.45, 7) is 7.86. The van der Waals surface area contributed by atoms with Gasteiger partial charge < -0.3 is 4.90 Å². The molecule has 0 bridgehead atoms. The zero-order chi connectivity index (χ0) is 20.5. The van der Waals surface area contributed by atoms with Gasteiger partial charge in [-0.15, -0.1) is 11.3 Å². The molecule has 28 heavy (non-hydrogen) atoms. The van der Waals surface area contributed by atoms with Gasteiger partial charge in [-0.1, -0.05) is 13.8 Å². The second kappa shape index (κ2) is 8.35. The van der Waals surface area contributed by atoms with Gasteiger partial charge in [-0.3, -0.25) is 4.79 Å². The molecular formula is C21H28N2O3S2. The molecule has 3 rings (SSSR count). The van der Waals surface area contributed by atoms with Crippen LogP contribution < -0.4 is 0 Å². The SMILES string of the molecule is Cc1ccsc1CN(C)C(=O)c1ccc(S(=O)(=O)N2C[C@H](C)C[C@H](C)C2)cc1. The number of hydrogen-bond acceptors (Lipinski definition) is 4. The Morgan fingerprint density at radius 3 is 2.29 bits per heavy atom. The molecule has 0 N–H and O–H groups in total. The third-order valence-corrected chi connectivity index (χ3v) is 8.12. The second-order valence-electron chi connectivity index (χ2n) is 7.98. The first kappa shape index (κ1) is 21.0. The van der Waals surface area contributed by atoms with Gasteiger partial charge in [0.2, 0.25) is 10.0 Å². The van der Waals surface area contributed by atoms with Crippen molar-refractivity contribution in [3.05, 3.63) is 51.7 Å². The molecule has 2 atom stereocenters. The van der Waals surface area contributed by atoms with Gasteiger partial charge in [0, 0.05) is 30.6 Å². The Hall–Kier alpha value is -1.70. The molecule has 2 aromatic rings. The van der Waals surface area contributed by atoms with Crippen molar-refractivity contribution in [2.24, 2.45) is 11.8 Å². The minimum absolute atomic E-state index is 0.114. The molecule has 1 aliphatic heterocycles. The number of amides is 1. The normalized spacial score (nSPS) is 20.9. The highest BCUT2D eigenvalue weighted by molar-refractivity contribution is 7.89. The molecule has 0 aliphatic carbocycles. The Kier molecular flexibility index (Phi) is 6.27. The summed E-state index contributed by atoms with van der Waals surface area (Å²) < 4.78 is 27.5. The van der Waals surface area contributed by atoms with Crippen molar-refractivity contribution in [1.82, 2.24) is 9.21 Å². The maximum absolute atomic E-state index is 13.0. The van der Waals surface area contributed by atoms with E-state index in [1.54, 1.807) is 51.9 Å². The Balaban J connectivity index is 1.73. The number of aryl methyl sites for hydroxylation is 1. The minimum atomic E-state index is -3.53. The molecule has 1 aromatic carbocycles. The molecule has 152 valence electrons. The number of hydrogen-bond donors (Lipinski definition) is 0. The Morgan fingerprint density at radius 2 is 1.75 bits per heavy atom. The average molecular weight is 421 g/mol. The van der Waals surface area contributed by atoms with E-state index in [0.29, 0.717) is 37.0 Å². The maximum Gasteiger partial charge on any atom is 0.253 e. The molecule has 0 spiro atoms. The van der Waals surface area contributed by atoms with Gasteiger partial charge in [0.1, 0.15) is 0 Å². The van der Waals surface area contributed by atoms with Gasteiger partial charge in [-0.05, 0) is 66.5 Å². The summed E-state index contributed by atoms with van der Waals surface area (Å²) in [6, 6.07) is 8.38. The Morgan fingerprint density at radius 1 is 1.14 bits per heavy atom. The van der Waals surface area contributed by atoms with E-state index in [1.807, 2.05) is 18.4 Å². The highest BCUT2D eigenvalue weighted by Gasteiger charge is 2.31. The highest BCUT2D eigenvalue weighted by atomic mass is 32.2. The molecule has 0 saturated carbocycles. The molecule has 1 saturated heterocycles. The van der Waals surface area contributed by atoms with Gasteiger partial charge in [0.25, 0.3) is 5.91 Å². The predicted octanol–water partition coefficient (Wildman–Crippen LogP) is 4.00. The zero-order valence-electron chi connectivity index (χ0n) is 16.9. The molecule has 0 radical (unpaired) electrons. The van der Waals surface area contributed by atoms with Crippen LogP contribution in [0.3, 0.4) is 0 Å². The van der Waals surface area contributed by atoms with Crippen molar-refractivity contribution in [2.75, 3.05) is 20.1 Å². The predicted molar refractivity (Wildman–Crippen MR) is 113 cm³/mol. The summed E-state index contributed by atoms with van der Waals surface area (Å²) in [5, 5.41) is 2.02. The van der Waals surface area contributed by atoms with Crippen molar-refractivity contribution in [3.63, 3.8) is 0 Å². The topological polar surface area (TPSA) is 57.7 Å². The lowest BCUT2D eigenvalue weighted by molar-refractivity contribution is 0.0786. The van der Waals surface area contributed by atoms with Crippen LogP contribution in [0, 0.1) is 18.8 Å². The zero-order valence-corrected chi connectivity index (χ0v) is 18.5. The van der Waals surface area contributed by atoms with Crippen LogP contribution in [-0.4, -0.2) is 43.7 Å². The van der Waals surface area contributed by atoms with E-state index in [0.717, 1.165) is 11.3 Å². The lowest BCUT2D eigenvalue weighted by Gasteiger charge is -2.34. The van der Waals surface area contributed by atoms with Crippen LogP contribution in [0.25, 0.3) is 0 Å². The summed E-state index contributed by atoms with van der Waals surface area (Å²) in [5.41, 5.74) is 1.67.